The molecule has 0 saturated carbocycles. The predicted octanol–water partition coefficient (Wildman–Crippen LogP) is 1.76. The molecule has 1 N–H and O–H groups in total. The Morgan fingerprint density at radius 2 is 2.17 bits per heavy atom. The number of aromatic nitrogens is 4. The molecule has 1 aliphatic rings. The first-order valence-electron chi connectivity index (χ1n) is 7.69. The van der Waals surface area contributed by atoms with Crippen LogP contribution in [0.3, 0.4) is 0 Å². The van der Waals surface area contributed by atoms with Crippen LogP contribution in [0.1, 0.15) is 19.4 Å². The van der Waals surface area contributed by atoms with E-state index in [9.17, 15) is 8.42 Å². The van der Waals surface area contributed by atoms with Gasteiger partial charge in [-0.05, 0) is 18.4 Å². The highest BCUT2D eigenvalue weighted by Gasteiger charge is 2.32. The molecule has 122 valence electrons. The van der Waals surface area contributed by atoms with Crippen molar-refractivity contribution < 1.29 is 8.42 Å². The van der Waals surface area contributed by atoms with Crippen molar-refractivity contribution in [3.05, 3.63) is 24.8 Å². The average Bonchev–Trinajstić information content (AvgIpc) is 3.11. The second-order valence-electron chi connectivity index (χ2n) is 6.34. The summed E-state index contributed by atoms with van der Waals surface area (Å²) in [5, 5.41) is 1.05. The molecular weight excluding hydrogens is 314 g/mol. The van der Waals surface area contributed by atoms with Crippen LogP contribution in [0.5, 0.6) is 0 Å². The minimum absolute atomic E-state index is 0.220. The highest BCUT2D eigenvalue weighted by atomic mass is 32.2. The molecule has 1 aliphatic heterocycles. The minimum Gasteiger partial charge on any atom is -0.346 e. The molecule has 4 heterocycles. The molecule has 8 heteroatoms. The normalized spacial score (nSPS) is 23.7. The van der Waals surface area contributed by atoms with Gasteiger partial charge in [-0.1, -0.05) is 6.92 Å². The average molecular weight is 333 g/mol. The van der Waals surface area contributed by atoms with Gasteiger partial charge in [-0.15, -0.1) is 0 Å². The zero-order chi connectivity index (χ0) is 16.2. The van der Waals surface area contributed by atoms with E-state index >= 15 is 0 Å². The van der Waals surface area contributed by atoms with E-state index in [1.807, 2.05) is 18.6 Å². The number of hydrogen-bond donors (Lipinski definition) is 1. The number of rotatable bonds is 2. The number of fused-ring (bicyclic) bond motifs is 3. The number of sulfonamides is 1. The molecule has 1 saturated heterocycles. The Bertz CT molecular complexity index is 974. The first-order valence-corrected chi connectivity index (χ1v) is 9.54. The van der Waals surface area contributed by atoms with Crippen LogP contribution in [0.4, 0.5) is 0 Å². The molecule has 0 unspecified atom stereocenters. The van der Waals surface area contributed by atoms with Crippen molar-refractivity contribution in [2.24, 2.45) is 5.92 Å². The second-order valence-corrected chi connectivity index (χ2v) is 8.32. The van der Waals surface area contributed by atoms with Crippen LogP contribution in [0.15, 0.2) is 24.8 Å². The Balaban J connectivity index is 1.77. The number of nitrogens with zero attached hydrogens (tertiary/aromatic N) is 4. The number of aromatic amines is 1. The summed E-state index contributed by atoms with van der Waals surface area (Å²) in [4.78, 5) is 12.0. The Morgan fingerprint density at radius 3 is 2.91 bits per heavy atom. The first-order chi connectivity index (χ1) is 10.9. The largest absolute Gasteiger partial charge is 0.346 e. The van der Waals surface area contributed by atoms with Crippen molar-refractivity contribution in [2.45, 2.75) is 19.4 Å². The van der Waals surface area contributed by atoms with Crippen LogP contribution in [-0.4, -0.2) is 51.6 Å². The van der Waals surface area contributed by atoms with E-state index in [2.05, 4.69) is 26.4 Å². The van der Waals surface area contributed by atoms with Gasteiger partial charge in [0.15, 0.2) is 0 Å². The molecule has 3 aromatic rings. The highest BCUT2D eigenvalue weighted by Crippen LogP contribution is 2.33. The third-order valence-electron chi connectivity index (χ3n) is 4.77. The van der Waals surface area contributed by atoms with Gasteiger partial charge in [-0.2, -0.15) is 0 Å². The van der Waals surface area contributed by atoms with E-state index in [4.69, 9.17) is 0 Å². The van der Waals surface area contributed by atoms with Gasteiger partial charge in [0.2, 0.25) is 10.0 Å². The molecule has 0 bridgehead atoms. The van der Waals surface area contributed by atoms with E-state index in [1.54, 1.807) is 10.5 Å². The SMILES string of the molecule is C[C@@H]1CN(S(C)(=O)=O)CC[C@H]1n1cnc2cnc3[nH]ccc3c21. The Morgan fingerprint density at radius 1 is 1.35 bits per heavy atom. The fraction of sp³-hybridized carbons (Fsp3) is 0.467. The summed E-state index contributed by atoms with van der Waals surface area (Å²) in [5.41, 5.74) is 2.79. The lowest BCUT2D eigenvalue weighted by atomic mass is 9.95. The molecule has 4 rings (SSSR count). The number of H-pyrrole nitrogens is 1. The van der Waals surface area contributed by atoms with Crippen LogP contribution >= 0.6 is 0 Å². The summed E-state index contributed by atoms with van der Waals surface area (Å²) >= 11 is 0. The predicted molar refractivity (Wildman–Crippen MR) is 88.6 cm³/mol. The maximum absolute atomic E-state index is 11.8. The van der Waals surface area contributed by atoms with E-state index in [0.29, 0.717) is 13.1 Å². The number of piperidine rings is 1. The lowest BCUT2D eigenvalue weighted by Crippen LogP contribution is -2.42. The molecule has 23 heavy (non-hydrogen) atoms. The first kappa shape index (κ1) is 14.6. The molecule has 0 amide bonds. The summed E-state index contributed by atoms with van der Waals surface area (Å²) in [6, 6.07) is 2.25. The van der Waals surface area contributed by atoms with Gasteiger partial charge < -0.3 is 9.55 Å². The third kappa shape index (κ3) is 2.33. The number of nitrogens with one attached hydrogen (secondary N) is 1. The quantitative estimate of drug-likeness (QED) is 0.774. The molecule has 1 fully saturated rings. The van der Waals surface area contributed by atoms with E-state index in [1.165, 1.54) is 6.26 Å². The van der Waals surface area contributed by atoms with Gasteiger partial charge in [0.25, 0.3) is 0 Å². The van der Waals surface area contributed by atoms with E-state index in [0.717, 1.165) is 28.5 Å². The Hall–Kier alpha value is -1.93. The number of pyridine rings is 1. The van der Waals surface area contributed by atoms with Gasteiger partial charge in [0.1, 0.15) is 11.2 Å². The van der Waals surface area contributed by atoms with Crippen LogP contribution in [0.2, 0.25) is 0 Å². The summed E-state index contributed by atoms with van der Waals surface area (Å²) in [6.45, 7) is 3.20. The van der Waals surface area contributed by atoms with Crippen molar-refractivity contribution in [1.29, 1.82) is 0 Å². The van der Waals surface area contributed by atoms with E-state index < -0.39 is 10.0 Å². The summed E-state index contributed by atoms with van der Waals surface area (Å²) in [5.74, 6) is 0.220. The smallest absolute Gasteiger partial charge is 0.211 e. The van der Waals surface area contributed by atoms with Gasteiger partial charge in [-0.25, -0.2) is 22.7 Å². The third-order valence-corrected chi connectivity index (χ3v) is 6.04. The number of imidazole rings is 1. The van der Waals surface area contributed by atoms with Crippen molar-refractivity contribution in [1.82, 2.24) is 23.8 Å². The minimum atomic E-state index is -3.13. The molecule has 3 aromatic heterocycles. The van der Waals surface area contributed by atoms with Crippen molar-refractivity contribution >= 4 is 32.1 Å². The van der Waals surface area contributed by atoms with Crippen LogP contribution in [0, 0.1) is 5.92 Å². The molecule has 0 radical (unpaired) electrons. The van der Waals surface area contributed by atoms with Crippen LogP contribution in [-0.2, 0) is 10.0 Å². The van der Waals surface area contributed by atoms with Gasteiger partial charge in [0.05, 0.1) is 24.3 Å². The van der Waals surface area contributed by atoms with Crippen molar-refractivity contribution in [2.75, 3.05) is 19.3 Å². The fourth-order valence-electron chi connectivity index (χ4n) is 3.59. The standard InChI is InChI=1S/C15H19N5O2S/c1-10-8-19(23(2,21)22)6-4-13(10)20-9-18-12-7-17-15-11(14(12)20)3-5-16-15/h3,5,7,9-10,13H,4,6,8H2,1-2H3,(H,16,17)/t10-,13-/m1/s1. The summed E-state index contributed by atoms with van der Waals surface area (Å²) in [7, 11) is -3.13. The monoisotopic (exact) mass is 333 g/mol. The van der Waals surface area contributed by atoms with Crippen molar-refractivity contribution in [3.63, 3.8) is 0 Å². The maximum atomic E-state index is 11.8. The van der Waals surface area contributed by atoms with Crippen LogP contribution < -0.4 is 0 Å². The Labute approximate surface area is 134 Å². The highest BCUT2D eigenvalue weighted by molar-refractivity contribution is 7.88. The molecule has 0 aromatic carbocycles. The molecule has 7 nitrogen and oxygen atoms in total. The summed E-state index contributed by atoms with van der Waals surface area (Å²) in [6.07, 6.45) is 7.58. The second kappa shape index (κ2) is 5.04. The maximum Gasteiger partial charge on any atom is 0.211 e. The van der Waals surface area contributed by atoms with Crippen LogP contribution in [0.25, 0.3) is 22.1 Å². The van der Waals surface area contributed by atoms with Gasteiger partial charge in [0, 0.05) is 30.7 Å². The van der Waals surface area contributed by atoms with Crippen molar-refractivity contribution in [3.8, 4) is 0 Å². The lowest BCUT2D eigenvalue weighted by molar-refractivity contribution is 0.205. The fourth-order valence-corrected chi connectivity index (χ4v) is 4.54. The zero-order valence-corrected chi connectivity index (χ0v) is 13.9. The van der Waals surface area contributed by atoms with Gasteiger partial charge >= 0.3 is 0 Å². The lowest BCUT2D eigenvalue weighted by Gasteiger charge is -2.36. The number of hydrogen-bond acceptors (Lipinski definition) is 4. The molecule has 2 atom stereocenters. The molecular formula is C15H19N5O2S. The van der Waals surface area contributed by atoms with Gasteiger partial charge in [-0.3, -0.25) is 0 Å². The zero-order valence-electron chi connectivity index (χ0n) is 13.1. The molecule has 0 aliphatic carbocycles. The summed E-state index contributed by atoms with van der Waals surface area (Å²) < 4.78 is 27.3. The topological polar surface area (TPSA) is 83.9 Å². The van der Waals surface area contributed by atoms with E-state index in [-0.39, 0.29) is 12.0 Å². The molecule has 0 spiro atoms. The Kier molecular flexibility index (Phi) is 3.21.